The number of benzene rings is 2. The van der Waals surface area contributed by atoms with E-state index in [1.807, 2.05) is 43.3 Å². The molecule has 25 heavy (non-hydrogen) atoms. The summed E-state index contributed by atoms with van der Waals surface area (Å²) >= 11 is 5.96. The van der Waals surface area contributed by atoms with Crippen LogP contribution in [0.25, 0.3) is 5.70 Å². The highest BCUT2D eigenvalue weighted by Crippen LogP contribution is 2.36. The van der Waals surface area contributed by atoms with Crippen LogP contribution in [-0.4, -0.2) is 17.0 Å². The molecule has 1 heterocycles. The number of nitrogens with two attached hydrogens (primary N) is 1. The van der Waals surface area contributed by atoms with Gasteiger partial charge in [0.2, 0.25) is 0 Å². The summed E-state index contributed by atoms with van der Waals surface area (Å²) in [5.41, 5.74) is 10.2. The topological polar surface area (TPSA) is 87.7 Å². The molecule has 0 radical (unpaired) electrons. The predicted molar refractivity (Wildman–Crippen MR) is 99.3 cm³/mol. The lowest BCUT2D eigenvalue weighted by atomic mass is 9.91. The van der Waals surface area contributed by atoms with Gasteiger partial charge in [-0.2, -0.15) is 0 Å². The van der Waals surface area contributed by atoms with Gasteiger partial charge in [-0.15, -0.1) is 0 Å². The summed E-state index contributed by atoms with van der Waals surface area (Å²) in [5.74, 6) is -0.666. The summed E-state index contributed by atoms with van der Waals surface area (Å²) in [4.78, 5) is 15.9. The molecule has 1 aliphatic heterocycles. The second-order valence-corrected chi connectivity index (χ2v) is 6.37. The first kappa shape index (κ1) is 17.0. The average molecular weight is 356 g/mol. The molecule has 3 rings (SSSR count). The number of aliphatic imine (C=N–C) groups is 1. The minimum absolute atomic E-state index is 0.139. The van der Waals surface area contributed by atoms with Gasteiger partial charge in [-0.1, -0.05) is 53.6 Å². The van der Waals surface area contributed by atoms with E-state index >= 15 is 0 Å². The van der Waals surface area contributed by atoms with E-state index < -0.39 is 12.0 Å². The Morgan fingerprint density at radius 3 is 2.44 bits per heavy atom. The van der Waals surface area contributed by atoms with Crippen LogP contribution in [0, 0.1) is 6.92 Å². The Hall–Kier alpha value is -2.79. The molecule has 128 valence electrons. The van der Waals surface area contributed by atoms with Gasteiger partial charge in [-0.3, -0.25) is 4.79 Å². The zero-order valence-electron chi connectivity index (χ0n) is 13.7. The molecule has 6 heteroatoms. The van der Waals surface area contributed by atoms with Crippen LogP contribution in [0.3, 0.4) is 0 Å². The third-order valence-electron chi connectivity index (χ3n) is 4.04. The van der Waals surface area contributed by atoms with Gasteiger partial charge in [0.05, 0.1) is 12.1 Å². The molecule has 0 amide bonds. The maximum atomic E-state index is 11.4. The van der Waals surface area contributed by atoms with Crippen LogP contribution in [0.5, 0.6) is 0 Å². The standard InChI is InChI=1S/C19H18ClN3O2/c1-11-2-4-12(5-3-11)17-15(10-16(24)25)18(23-19(21)22-17)13-6-8-14(20)9-7-13/h2-9,18H,10H2,1H3,(H,24,25)(H3,21,22,23). The van der Waals surface area contributed by atoms with Gasteiger partial charge in [0, 0.05) is 5.02 Å². The van der Waals surface area contributed by atoms with Crippen molar-refractivity contribution in [2.24, 2.45) is 10.7 Å². The number of aliphatic carboxylic acids is 1. The second-order valence-electron chi connectivity index (χ2n) is 5.93. The van der Waals surface area contributed by atoms with Crippen molar-refractivity contribution in [3.8, 4) is 0 Å². The van der Waals surface area contributed by atoms with Crippen molar-refractivity contribution < 1.29 is 9.90 Å². The molecule has 0 saturated heterocycles. The van der Waals surface area contributed by atoms with Gasteiger partial charge in [-0.05, 0) is 35.8 Å². The molecule has 0 saturated carbocycles. The molecule has 1 aliphatic rings. The zero-order valence-corrected chi connectivity index (χ0v) is 14.4. The van der Waals surface area contributed by atoms with Crippen molar-refractivity contribution >= 4 is 29.2 Å². The van der Waals surface area contributed by atoms with Crippen molar-refractivity contribution in [3.05, 3.63) is 75.8 Å². The molecule has 2 aromatic carbocycles. The fourth-order valence-corrected chi connectivity index (χ4v) is 2.97. The van der Waals surface area contributed by atoms with E-state index in [-0.39, 0.29) is 12.4 Å². The quantitative estimate of drug-likeness (QED) is 0.783. The largest absolute Gasteiger partial charge is 0.481 e. The number of nitrogens with one attached hydrogen (secondary N) is 1. The highest BCUT2D eigenvalue weighted by atomic mass is 35.5. The van der Waals surface area contributed by atoms with Crippen LogP contribution in [0.4, 0.5) is 0 Å². The third kappa shape index (κ3) is 3.83. The summed E-state index contributed by atoms with van der Waals surface area (Å²) < 4.78 is 0. The van der Waals surface area contributed by atoms with Crippen LogP contribution >= 0.6 is 11.6 Å². The number of rotatable bonds is 4. The van der Waals surface area contributed by atoms with Crippen molar-refractivity contribution in [2.45, 2.75) is 19.4 Å². The summed E-state index contributed by atoms with van der Waals surface area (Å²) in [6, 6.07) is 14.6. The fraction of sp³-hybridized carbons (Fsp3) is 0.158. The zero-order chi connectivity index (χ0) is 18.0. The van der Waals surface area contributed by atoms with E-state index in [2.05, 4.69) is 10.3 Å². The van der Waals surface area contributed by atoms with Gasteiger partial charge >= 0.3 is 5.97 Å². The van der Waals surface area contributed by atoms with E-state index in [4.69, 9.17) is 17.3 Å². The first-order chi connectivity index (χ1) is 11.9. The Balaban J connectivity index is 2.13. The van der Waals surface area contributed by atoms with Gasteiger partial charge in [0.15, 0.2) is 5.96 Å². The molecule has 0 aliphatic carbocycles. The summed E-state index contributed by atoms with van der Waals surface area (Å²) in [7, 11) is 0. The SMILES string of the molecule is Cc1ccc(C2=C(CC(=O)O)C(c3ccc(Cl)cc3)N=C(N)N2)cc1. The summed E-state index contributed by atoms with van der Waals surface area (Å²) in [6.45, 7) is 2.00. The average Bonchev–Trinajstić information content (AvgIpc) is 2.57. The molecule has 0 spiro atoms. The van der Waals surface area contributed by atoms with Gasteiger partial charge < -0.3 is 16.2 Å². The maximum absolute atomic E-state index is 11.4. The molecule has 1 unspecified atom stereocenters. The number of carbonyl (C=O) groups is 1. The Morgan fingerprint density at radius 2 is 1.84 bits per heavy atom. The van der Waals surface area contributed by atoms with Crippen molar-refractivity contribution in [1.82, 2.24) is 5.32 Å². The molecule has 0 aromatic heterocycles. The lowest BCUT2D eigenvalue weighted by Gasteiger charge is -2.27. The highest BCUT2D eigenvalue weighted by Gasteiger charge is 2.27. The molecular formula is C19H18ClN3O2. The Kier molecular flexibility index (Phi) is 4.76. The number of carboxylic acids is 1. The second kappa shape index (κ2) is 6.99. The van der Waals surface area contributed by atoms with Crippen LogP contribution in [0.15, 0.2) is 59.1 Å². The number of nitrogens with zero attached hydrogens (tertiary/aromatic N) is 1. The molecule has 1 atom stereocenters. The lowest BCUT2D eigenvalue weighted by molar-refractivity contribution is -0.136. The van der Waals surface area contributed by atoms with E-state index in [0.717, 1.165) is 16.7 Å². The normalized spacial score (nSPS) is 17.0. The predicted octanol–water partition coefficient (Wildman–Crippen LogP) is 3.49. The third-order valence-corrected chi connectivity index (χ3v) is 4.29. The van der Waals surface area contributed by atoms with E-state index in [0.29, 0.717) is 16.3 Å². The van der Waals surface area contributed by atoms with Crippen LogP contribution in [0.2, 0.25) is 5.02 Å². The smallest absolute Gasteiger partial charge is 0.307 e. The summed E-state index contributed by atoms with van der Waals surface area (Å²) in [5, 5.41) is 13.0. The Bertz CT molecular complexity index is 855. The van der Waals surface area contributed by atoms with Crippen molar-refractivity contribution in [3.63, 3.8) is 0 Å². The van der Waals surface area contributed by atoms with Crippen LogP contribution in [0.1, 0.15) is 29.2 Å². The highest BCUT2D eigenvalue weighted by molar-refractivity contribution is 6.30. The van der Waals surface area contributed by atoms with Crippen LogP contribution < -0.4 is 11.1 Å². The Labute approximate surface area is 150 Å². The minimum atomic E-state index is -0.920. The number of aryl methyl sites for hydroxylation is 1. The number of hydrogen-bond donors (Lipinski definition) is 3. The molecule has 0 bridgehead atoms. The van der Waals surface area contributed by atoms with E-state index in [9.17, 15) is 9.90 Å². The van der Waals surface area contributed by atoms with Crippen molar-refractivity contribution in [2.75, 3.05) is 0 Å². The molecule has 2 aromatic rings. The first-order valence-corrected chi connectivity index (χ1v) is 8.19. The first-order valence-electron chi connectivity index (χ1n) is 7.81. The Morgan fingerprint density at radius 1 is 1.20 bits per heavy atom. The number of carboxylic acid groups (broad SMARTS) is 1. The van der Waals surface area contributed by atoms with E-state index in [1.165, 1.54) is 0 Å². The number of guanidine groups is 1. The fourth-order valence-electron chi connectivity index (χ4n) is 2.84. The molecule has 4 N–H and O–H groups in total. The monoisotopic (exact) mass is 355 g/mol. The van der Waals surface area contributed by atoms with Gasteiger partial charge in [0.1, 0.15) is 6.04 Å². The molecular weight excluding hydrogens is 338 g/mol. The lowest BCUT2D eigenvalue weighted by Crippen LogP contribution is -2.36. The molecule has 5 nitrogen and oxygen atoms in total. The number of halogens is 1. The number of hydrogen-bond acceptors (Lipinski definition) is 4. The van der Waals surface area contributed by atoms with Crippen molar-refractivity contribution in [1.29, 1.82) is 0 Å². The maximum Gasteiger partial charge on any atom is 0.307 e. The van der Waals surface area contributed by atoms with E-state index in [1.54, 1.807) is 12.1 Å². The molecule has 0 fully saturated rings. The summed E-state index contributed by atoms with van der Waals surface area (Å²) in [6.07, 6.45) is -0.139. The van der Waals surface area contributed by atoms with Crippen LogP contribution in [-0.2, 0) is 4.79 Å². The van der Waals surface area contributed by atoms with Gasteiger partial charge in [0.25, 0.3) is 0 Å². The van der Waals surface area contributed by atoms with Gasteiger partial charge in [-0.25, -0.2) is 4.99 Å². The minimum Gasteiger partial charge on any atom is -0.481 e.